The van der Waals surface area contributed by atoms with E-state index >= 15 is 0 Å². The first-order chi connectivity index (χ1) is 12.4. The van der Waals surface area contributed by atoms with Gasteiger partial charge in [-0.15, -0.1) is 0 Å². The third kappa shape index (κ3) is 4.29. The number of anilines is 1. The maximum atomic E-state index is 12.5. The summed E-state index contributed by atoms with van der Waals surface area (Å²) in [4.78, 5) is 24.9. The zero-order valence-electron chi connectivity index (χ0n) is 15.4. The number of aryl methyl sites for hydroxylation is 2. The monoisotopic (exact) mass is 351 g/mol. The molecular weight excluding hydrogens is 326 g/mol. The van der Waals surface area contributed by atoms with Crippen LogP contribution >= 0.6 is 0 Å². The number of amides is 2. The fourth-order valence-corrected chi connectivity index (χ4v) is 3.32. The molecule has 0 aliphatic carbocycles. The Hall–Kier alpha value is -2.66. The molecule has 0 spiro atoms. The minimum Gasteiger partial charge on any atom is -0.343 e. The molecule has 1 aliphatic heterocycles. The molecule has 0 fully saturated rings. The van der Waals surface area contributed by atoms with E-state index in [0.29, 0.717) is 13.0 Å². The summed E-state index contributed by atoms with van der Waals surface area (Å²) in [5.74, 6) is -0.373. The summed E-state index contributed by atoms with van der Waals surface area (Å²) in [5, 5.41) is 8.93. The summed E-state index contributed by atoms with van der Waals surface area (Å²) in [6.07, 6.45) is 0.632. The van der Waals surface area contributed by atoms with Gasteiger partial charge in [-0.1, -0.05) is 30.3 Å². The van der Waals surface area contributed by atoms with Crippen LogP contribution in [0, 0.1) is 13.8 Å². The summed E-state index contributed by atoms with van der Waals surface area (Å²) in [6.45, 7) is 6.34. The Kier molecular flexibility index (Phi) is 5.38. The lowest BCUT2D eigenvalue weighted by atomic mass is 9.95. The molecule has 5 heteroatoms. The fourth-order valence-electron chi connectivity index (χ4n) is 3.32. The molecule has 0 aromatic heterocycles. The molecule has 0 saturated carbocycles. The van der Waals surface area contributed by atoms with Crippen molar-refractivity contribution in [3.63, 3.8) is 0 Å². The molecule has 1 heterocycles. The first kappa shape index (κ1) is 18.1. The third-order valence-corrected chi connectivity index (χ3v) is 4.64. The number of carbonyl (C=O) groups excluding carboxylic acids is 2. The Morgan fingerprint density at radius 2 is 1.73 bits per heavy atom. The van der Waals surface area contributed by atoms with Crippen LogP contribution in [0.1, 0.15) is 29.2 Å². The Balaban J connectivity index is 1.58. The van der Waals surface area contributed by atoms with E-state index in [0.717, 1.165) is 16.8 Å². The number of rotatable bonds is 4. The summed E-state index contributed by atoms with van der Waals surface area (Å²) >= 11 is 0. The number of carbonyl (C=O) groups is 2. The molecule has 136 valence electrons. The smallest absolute Gasteiger partial charge is 0.246 e. The summed E-state index contributed by atoms with van der Waals surface area (Å²) in [7, 11) is 0. The maximum absolute atomic E-state index is 12.5. The molecule has 2 atom stereocenters. The molecule has 26 heavy (non-hydrogen) atoms. The Morgan fingerprint density at radius 3 is 2.42 bits per heavy atom. The molecule has 5 nitrogen and oxygen atoms in total. The number of fused-ring (bicyclic) bond motifs is 1. The number of nitrogens with one attached hydrogen (secondary N) is 3. The van der Waals surface area contributed by atoms with E-state index in [1.54, 1.807) is 6.92 Å². The van der Waals surface area contributed by atoms with Gasteiger partial charge in [-0.2, -0.15) is 0 Å². The molecule has 2 unspecified atom stereocenters. The van der Waals surface area contributed by atoms with Crippen LogP contribution in [0.25, 0.3) is 0 Å². The van der Waals surface area contributed by atoms with Crippen LogP contribution < -0.4 is 16.0 Å². The highest BCUT2D eigenvalue weighted by Crippen LogP contribution is 2.17. The largest absolute Gasteiger partial charge is 0.343 e. The number of hydrogen-bond donors (Lipinski definition) is 3. The van der Waals surface area contributed by atoms with E-state index in [2.05, 4.69) is 22.0 Å². The molecule has 0 radical (unpaired) electrons. The van der Waals surface area contributed by atoms with Gasteiger partial charge < -0.3 is 16.0 Å². The second kappa shape index (κ2) is 7.70. The predicted octanol–water partition coefficient (Wildman–Crippen LogP) is 2.46. The molecule has 1 aliphatic rings. The third-order valence-electron chi connectivity index (χ3n) is 4.64. The molecule has 0 bridgehead atoms. The van der Waals surface area contributed by atoms with Gasteiger partial charge in [-0.3, -0.25) is 9.59 Å². The maximum Gasteiger partial charge on any atom is 0.246 e. The van der Waals surface area contributed by atoms with Gasteiger partial charge in [0, 0.05) is 12.2 Å². The lowest BCUT2D eigenvalue weighted by Crippen LogP contribution is -2.52. The molecule has 2 aromatic rings. The quantitative estimate of drug-likeness (QED) is 0.792. The molecule has 3 rings (SSSR count). The van der Waals surface area contributed by atoms with Crippen LogP contribution in [0.4, 0.5) is 5.69 Å². The van der Waals surface area contributed by atoms with E-state index in [1.807, 2.05) is 50.2 Å². The standard InChI is InChI=1S/C21H25N3O2/c1-13-8-14(2)10-18(9-13)24-20(25)15(3)23-21(26)19-11-16-6-4-5-7-17(16)12-22-19/h4-10,15,19,22H,11-12H2,1-3H3,(H,23,26)(H,24,25). The molecule has 2 amide bonds. The predicted molar refractivity (Wildman–Crippen MR) is 103 cm³/mol. The minimum absolute atomic E-state index is 0.150. The van der Waals surface area contributed by atoms with Crippen molar-refractivity contribution in [3.05, 3.63) is 64.7 Å². The highest BCUT2D eigenvalue weighted by molar-refractivity contribution is 5.97. The van der Waals surface area contributed by atoms with Crippen molar-refractivity contribution in [2.75, 3.05) is 5.32 Å². The number of benzene rings is 2. The van der Waals surface area contributed by atoms with E-state index < -0.39 is 6.04 Å². The highest BCUT2D eigenvalue weighted by atomic mass is 16.2. The van der Waals surface area contributed by atoms with Crippen molar-refractivity contribution < 1.29 is 9.59 Å². The summed E-state index contributed by atoms with van der Waals surface area (Å²) < 4.78 is 0. The van der Waals surface area contributed by atoms with Gasteiger partial charge in [0.1, 0.15) is 6.04 Å². The summed E-state index contributed by atoms with van der Waals surface area (Å²) in [6, 6.07) is 13.1. The lowest BCUT2D eigenvalue weighted by Gasteiger charge is -2.26. The van der Waals surface area contributed by atoms with E-state index in [4.69, 9.17) is 0 Å². The van der Waals surface area contributed by atoms with Gasteiger partial charge in [0.2, 0.25) is 11.8 Å². The van der Waals surface area contributed by atoms with Crippen molar-refractivity contribution in [1.29, 1.82) is 0 Å². The second-order valence-electron chi connectivity index (χ2n) is 7.00. The molecular formula is C21H25N3O2. The first-order valence-electron chi connectivity index (χ1n) is 8.92. The highest BCUT2D eigenvalue weighted by Gasteiger charge is 2.26. The van der Waals surface area contributed by atoms with E-state index in [1.165, 1.54) is 11.1 Å². The van der Waals surface area contributed by atoms with Gasteiger partial charge in [-0.25, -0.2) is 0 Å². The molecule has 2 aromatic carbocycles. The molecule has 3 N–H and O–H groups in total. The average molecular weight is 351 g/mol. The second-order valence-corrected chi connectivity index (χ2v) is 7.00. The fraction of sp³-hybridized carbons (Fsp3) is 0.333. The van der Waals surface area contributed by atoms with Crippen molar-refractivity contribution in [2.24, 2.45) is 0 Å². The van der Waals surface area contributed by atoms with Crippen molar-refractivity contribution in [2.45, 2.75) is 45.8 Å². The lowest BCUT2D eigenvalue weighted by molar-refractivity contribution is -0.127. The first-order valence-corrected chi connectivity index (χ1v) is 8.92. The van der Waals surface area contributed by atoms with Crippen molar-refractivity contribution in [3.8, 4) is 0 Å². The SMILES string of the molecule is Cc1cc(C)cc(NC(=O)C(C)NC(=O)C2Cc3ccccc3CN2)c1. The normalized spacial score (nSPS) is 17.1. The van der Waals surface area contributed by atoms with Crippen LogP contribution in [0.5, 0.6) is 0 Å². The number of hydrogen-bond acceptors (Lipinski definition) is 3. The van der Waals surface area contributed by atoms with Crippen LogP contribution in [0.15, 0.2) is 42.5 Å². The van der Waals surface area contributed by atoms with E-state index in [9.17, 15) is 9.59 Å². The topological polar surface area (TPSA) is 70.2 Å². The van der Waals surface area contributed by atoms with Gasteiger partial charge in [0.15, 0.2) is 0 Å². The van der Waals surface area contributed by atoms with Gasteiger partial charge in [0.05, 0.1) is 6.04 Å². The Bertz CT molecular complexity index is 812. The Morgan fingerprint density at radius 1 is 1.08 bits per heavy atom. The van der Waals surface area contributed by atoms with Gasteiger partial charge in [-0.05, 0) is 61.6 Å². The summed E-state index contributed by atoms with van der Waals surface area (Å²) in [5.41, 5.74) is 5.32. The van der Waals surface area contributed by atoms with Crippen molar-refractivity contribution in [1.82, 2.24) is 10.6 Å². The average Bonchev–Trinajstić information content (AvgIpc) is 2.60. The van der Waals surface area contributed by atoms with Crippen LogP contribution in [-0.4, -0.2) is 23.9 Å². The van der Waals surface area contributed by atoms with Crippen molar-refractivity contribution >= 4 is 17.5 Å². The minimum atomic E-state index is -0.609. The van der Waals surface area contributed by atoms with E-state index in [-0.39, 0.29) is 17.9 Å². The molecule has 0 saturated heterocycles. The van der Waals surface area contributed by atoms with Crippen LogP contribution in [-0.2, 0) is 22.6 Å². The van der Waals surface area contributed by atoms with Crippen LogP contribution in [0.2, 0.25) is 0 Å². The van der Waals surface area contributed by atoms with Gasteiger partial charge in [0.25, 0.3) is 0 Å². The zero-order valence-corrected chi connectivity index (χ0v) is 15.4. The van der Waals surface area contributed by atoms with Crippen LogP contribution in [0.3, 0.4) is 0 Å². The van der Waals surface area contributed by atoms with Gasteiger partial charge >= 0.3 is 0 Å². The zero-order chi connectivity index (χ0) is 18.7. The Labute approximate surface area is 154 Å².